The van der Waals surface area contributed by atoms with Crippen LogP contribution in [0.5, 0.6) is 0 Å². The molecule has 2 aromatic heterocycles. The van der Waals surface area contributed by atoms with Crippen LogP contribution < -0.4 is 5.56 Å². The Morgan fingerprint density at radius 1 is 1.38 bits per heavy atom. The minimum absolute atomic E-state index is 0.0420. The summed E-state index contributed by atoms with van der Waals surface area (Å²) in [6.07, 6.45) is -2.08. The quantitative estimate of drug-likeness (QED) is 0.751. The van der Waals surface area contributed by atoms with E-state index < -0.39 is 17.3 Å². The zero-order chi connectivity index (χ0) is 11.9. The van der Waals surface area contributed by atoms with Crippen molar-refractivity contribution in [2.45, 2.75) is 13.1 Å². The molecule has 0 aliphatic rings. The number of aromatic amines is 1. The lowest BCUT2D eigenvalue weighted by Gasteiger charge is -2.12. The number of hydrogen-bond donors (Lipinski definition) is 1. The van der Waals surface area contributed by atoms with E-state index in [-0.39, 0.29) is 16.5 Å². The molecule has 2 rings (SSSR count). The van der Waals surface area contributed by atoms with E-state index in [1.807, 2.05) is 0 Å². The Bertz CT molecular complexity index is 601. The van der Waals surface area contributed by atoms with Crippen molar-refractivity contribution in [3.05, 3.63) is 39.9 Å². The lowest BCUT2D eigenvalue weighted by atomic mass is 10.1. The van der Waals surface area contributed by atoms with Crippen LogP contribution in [-0.2, 0) is 6.18 Å². The summed E-state index contributed by atoms with van der Waals surface area (Å²) in [5.41, 5.74) is -1.88. The third kappa shape index (κ3) is 1.56. The third-order valence-corrected chi connectivity index (χ3v) is 2.34. The zero-order valence-corrected chi connectivity index (χ0v) is 8.22. The standard InChI is InChI=1S/C10H7F3N2O/c1-5-8(10(11,12)13)6-2-3-14-4-7(6)15-9(5)16/h2-4H,1H3,(H,15,16). The molecule has 0 amide bonds. The molecule has 0 fully saturated rings. The molecule has 0 atom stereocenters. The lowest BCUT2D eigenvalue weighted by Crippen LogP contribution is -2.19. The smallest absolute Gasteiger partial charge is 0.320 e. The maximum atomic E-state index is 12.8. The molecule has 0 unspecified atom stereocenters. The molecular formula is C10H7F3N2O. The highest BCUT2D eigenvalue weighted by molar-refractivity contribution is 5.82. The van der Waals surface area contributed by atoms with Crippen LogP contribution in [0.2, 0.25) is 0 Å². The average molecular weight is 228 g/mol. The van der Waals surface area contributed by atoms with Crippen LogP contribution in [0.3, 0.4) is 0 Å². The summed E-state index contributed by atoms with van der Waals surface area (Å²) in [4.78, 5) is 17.3. The van der Waals surface area contributed by atoms with E-state index in [9.17, 15) is 18.0 Å². The number of pyridine rings is 2. The summed E-state index contributed by atoms with van der Waals surface area (Å²) in [6, 6.07) is 1.24. The highest BCUT2D eigenvalue weighted by Crippen LogP contribution is 2.34. The second-order valence-electron chi connectivity index (χ2n) is 3.37. The molecular weight excluding hydrogens is 221 g/mol. The van der Waals surface area contributed by atoms with Crippen molar-refractivity contribution in [1.82, 2.24) is 9.97 Å². The molecule has 16 heavy (non-hydrogen) atoms. The first-order valence-electron chi connectivity index (χ1n) is 4.45. The summed E-state index contributed by atoms with van der Waals surface area (Å²) < 4.78 is 38.4. The van der Waals surface area contributed by atoms with Gasteiger partial charge in [-0.15, -0.1) is 0 Å². The molecule has 6 heteroatoms. The minimum atomic E-state index is -4.54. The predicted octanol–water partition coefficient (Wildman–Crippen LogP) is 2.25. The number of nitrogens with one attached hydrogen (secondary N) is 1. The number of halogens is 3. The van der Waals surface area contributed by atoms with Crippen LogP contribution in [-0.4, -0.2) is 9.97 Å². The van der Waals surface area contributed by atoms with Crippen molar-refractivity contribution in [3.63, 3.8) is 0 Å². The van der Waals surface area contributed by atoms with Crippen LogP contribution in [0, 0.1) is 6.92 Å². The molecule has 0 saturated carbocycles. The molecule has 0 aliphatic heterocycles. The molecule has 2 aromatic rings. The van der Waals surface area contributed by atoms with Crippen molar-refractivity contribution < 1.29 is 13.2 Å². The highest BCUT2D eigenvalue weighted by Gasteiger charge is 2.35. The van der Waals surface area contributed by atoms with E-state index in [0.29, 0.717) is 0 Å². The predicted molar refractivity (Wildman–Crippen MR) is 52.1 cm³/mol. The summed E-state index contributed by atoms with van der Waals surface area (Å²) in [7, 11) is 0. The van der Waals surface area contributed by atoms with Crippen LogP contribution in [0.25, 0.3) is 10.9 Å². The first kappa shape index (κ1) is 10.7. The van der Waals surface area contributed by atoms with E-state index in [2.05, 4.69) is 9.97 Å². The van der Waals surface area contributed by atoms with Gasteiger partial charge in [0.15, 0.2) is 0 Å². The van der Waals surface area contributed by atoms with Crippen LogP contribution in [0.1, 0.15) is 11.1 Å². The Morgan fingerprint density at radius 2 is 2.06 bits per heavy atom. The summed E-state index contributed by atoms with van der Waals surface area (Å²) >= 11 is 0. The van der Waals surface area contributed by atoms with E-state index in [0.717, 1.165) is 6.92 Å². The number of rotatable bonds is 0. The summed E-state index contributed by atoms with van der Waals surface area (Å²) in [5, 5.41) is -0.0420. The number of aromatic nitrogens is 2. The maximum Gasteiger partial charge on any atom is 0.417 e. The van der Waals surface area contributed by atoms with Gasteiger partial charge in [-0.25, -0.2) is 0 Å². The minimum Gasteiger partial charge on any atom is -0.320 e. The Kier molecular flexibility index (Phi) is 2.22. The molecule has 0 radical (unpaired) electrons. The van der Waals surface area contributed by atoms with Crippen LogP contribution in [0.4, 0.5) is 13.2 Å². The van der Waals surface area contributed by atoms with E-state index in [4.69, 9.17) is 0 Å². The molecule has 0 saturated heterocycles. The fourth-order valence-corrected chi connectivity index (χ4v) is 1.61. The van der Waals surface area contributed by atoms with Gasteiger partial charge >= 0.3 is 6.18 Å². The molecule has 84 valence electrons. The van der Waals surface area contributed by atoms with Crippen LogP contribution >= 0.6 is 0 Å². The van der Waals surface area contributed by atoms with Gasteiger partial charge in [0.25, 0.3) is 5.56 Å². The third-order valence-electron chi connectivity index (χ3n) is 2.34. The SMILES string of the molecule is Cc1c(C(F)(F)F)c2ccncc2[nH]c1=O. The number of H-pyrrole nitrogens is 1. The first-order valence-corrected chi connectivity index (χ1v) is 4.45. The van der Waals surface area contributed by atoms with Gasteiger partial charge in [0.05, 0.1) is 17.3 Å². The molecule has 2 heterocycles. The van der Waals surface area contributed by atoms with Gasteiger partial charge < -0.3 is 4.98 Å². The Balaban J connectivity index is 2.99. The molecule has 0 aliphatic carbocycles. The molecule has 0 aromatic carbocycles. The van der Waals surface area contributed by atoms with Gasteiger partial charge in [-0.1, -0.05) is 0 Å². The highest BCUT2D eigenvalue weighted by atomic mass is 19.4. The maximum absolute atomic E-state index is 12.8. The number of fused-ring (bicyclic) bond motifs is 1. The number of hydrogen-bond acceptors (Lipinski definition) is 2. The van der Waals surface area contributed by atoms with Gasteiger partial charge in [-0.2, -0.15) is 13.2 Å². The van der Waals surface area contributed by atoms with Gasteiger partial charge in [-0.05, 0) is 13.0 Å². The van der Waals surface area contributed by atoms with Gasteiger partial charge in [0.2, 0.25) is 0 Å². The second-order valence-corrected chi connectivity index (χ2v) is 3.37. The van der Waals surface area contributed by atoms with Gasteiger partial charge in [0, 0.05) is 17.1 Å². The fraction of sp³-hybridized carbons (Fsp3) is 0.200. The normalized spacial score (nSPS) is 12.0. The van der Waals surface area contributed by atoms with Gasteiger partial charge in [0.1, 0.15) is 0 Å². The largest absolute Gasteiger partial charge is 0.417 e. The molecule has 0 spiro atoms. The molecule has 1 N–H and O–H groups in total. The van der Waals surface area contributed by atoms with E-state index >= 15 is 0 Å². The second kappa shape index (κ2) is 3.33. The van der Waals surface area contributed by atoms with Crippen molar-refractivity contribution >= 4 is 10.9 Å². The Morgan fingerprint density at radius 3 is 2.69 bits per heavy atom. The monoisotopic (exact) mass is 228 g/mol. The topological polar surface area (TPSA) is 45.8 Å². The zero-order valence-electron chi connectivity index (χ0n) is 8.22. The Hall–Kier alpha value is -1.85. The molecule has 0 bridgehead atoms. The van der Waals surface area contributed by atoms with E-state index in [1.54, 1.807) is 0 Å². The van der Waals surface area contributed by atoms with E-state index in [1.165, 1.54) is 18.5 Å². The van der Waals surface area contributed by atoms with Crippen molar-refractivity contribution in [2.75, 3.05) is 0 Å². The summed E-state index contributed by atoms with van der Waals surface area (Å²) in [5.74, 6) is 0. The van der Waals surface area contributed by atoms with Crippen molar-refractivity contribution in [1.29, 1.82) is 0 Å². The number of nitrogens with zero attached hydrogens (tertiary/aromatic N) is 1. The average Bonchev–Trinajstić information content (AvgIpc) is 2.17. The first-order chi connectivity index (χ1) is 7.41. The Labute approximate surface area is 87.9 Å². The van der Waals surface area contributed by atoms with Crippen molar-refractivity contribution in [2.24, 2.45) is 0 Å². The lowest BCUT2D eigenvalue weighted by molar-refractivity contribution is -0.136. The number of alkyl halides is 3. The van der Waals surface area contributed by atoms with Crippen molar-refractivity contribution in [3.8, 4) is 0 Å². The van der Waals surface area contributed by atoms with Gasteiger partial charge in [-0.3, -0.25) is 9.78 Å². The molecule has 3 nitrogen and oxygen atoms in total. The van der Waals surface area contributed by atoms with Crippen LogP contribution in [0.15, 0.2) is 23.3 Å². The summed E-state index contributed by atoms with van der Waals surface area (Å²) in [6.45, 7) is 1.15. The fourth-order valence-electron chi connectivity index (χ4n) is 1.61.